The van der Waals surface area contributed by atoms with E-state index < -0.39 is 10.0 Å². The van der Waals surface area contributed by atoms with Gasteiger partial charge in [0.1, 0.15) is 4.21 Å². The lowest BCUT2D eigenvalue weighted by Gasteiger charge is -2.03. The second-order valence-corrected chi connectivity index (χ2v) is 8.64. The third-order valence-electron chi connectivity index (χ3n) is 2.74. The number of thioether (sulfide) groups is 1. The van der Waals surface area contributed by atoms with Gasteiger partial charge < -0.3 is 5.32 Å². The van der Waals surface area contributed by atoms with Crippen LogP contribution < -0.4 is 10.0 Å². The Hall–Kier alpha value is -1.35. The van der Waals surface area contributed by atoms with Gasteiger partial charge in [0.15, 0.2) is 0 Å². The number of thiophene rings is 1. The number of rotatable bonds is 7. The number of benzene rings is 1. The molecule has 1 heterocycles. The molecule has 2 aromatic rings. The summed E-state index contributed by atoms with van der Waals surface area (Å²) in [6.07, 6.45) is 0. The molecule has 0 radical (unpaired) electrons. The number of carbonyl (C=O) groups excluding carboxylic acids is 1. The third kappa shape index (κ3) is 4.84. The van der Waals surface area contributed by atoms with Crippen molar-refractivity contribution in [1.82, 2.24) is 10.0 Å². The molecular weight excluding hydrogens is 340 g/mol. The van der Waals surface area contributed by atoms with Crippen molar-refractivity contribution in [1.29, 1.82) is 0 Å². The fraction of sp³-hybridized carbons (Fsp3) is 0.214. The Balaban J connectivity index is 1.82. The van der Waals surface area contributed by atoms with Crippen molar-refractivity contribution in [3.05, 3.63) is 47.3 Å². The van der Waals surface area contributed by atoms with Gasteiger partial charge in [0, 0.05) is 9.77 Å². The first kappa shape index (κ1) is 17.0. The lowest BCUT2D eigenvalue weighted by atomic mass is 10.4. The zero-order chi connectivity index (χ0) is 16.0. The molecule has 2 rings (SSSR count). The molecular formula is C14H16N2O3S3. The molecule has 2 N–H and O–H groups in total. The summed E-state index contributed by atoms with van der Waals surface area (Å²) in [7, 11) is -2.04. The van der Waals surface area contributed by atoms with E-state index in [-0.39, 0.29) is 10.1 Å². The highest BCUT2D eigenvalue weighted by molar-refractivity contribution is 8.00. The van der Waals surface area contributed by atoms with Crippen molar-refractivity contribution in [2.24, 2.45) is 0 Å². The van der Waals surface area contributed by atoms with Gasteiger partial charge in [-0.05, 0) is 31.3 Å². The van der Waals surface area contributed by atoms with Crippen molar-refractivity contribution < 1.29 is 13.2 Å². The van der Waals surface area contributed by atoms with Crippen LogP contribution in [-0.4, -0.2) is 27.1 Å². The summed E-state index contributed by atoms with van der Waals surface area (Å²) in [6, 6.07) is 12.9. The maximum Gasteiger partial charge on any atom is 0.249 e. The minimum atomic E-state index is -3.41. The molecule has 22 heavy (non-hydrogen) atoms. The number of amides is 1. The van der Waals surface area contributed by atoms with Gasteiger partial charge in [0.25, 0.3) is 0 Å². The van der Waals surface area contributed by atoms with Gasteiger partial charge in [-0.2, -0.15) is 0 Å². The standard InChI is InChI=1S/C14H16N2O3S3/c1-15-22(18,19)14-8-7-12(21-14)9-16-13(17)10-20-11-5-3-2-4-6-11/h2-8,15H,9-10H2,1H3,(H,16,17). The second kappa shape index (κ2) is 7.77. The van der Waals surface area contributed by atoms with Crippen molar-refractivity contribution in [2.75, 3.05) is 12.8 Å². The molecule has 5 nitrogen and oxygen atoms in total. The number of hydrogen-bond donors (Lipinski definition) is 2. The van der Waals surface area contributed by atoms with E-state index in [1.807, 2.05) is 30.3 Å². The Morgan fingerprint density at radius 1 is 1.18 bits per heavy atom. The highest BCUT2D eigenvalue weighted by Crippen LogP contribution is 2.21. The molecule has 0 saturated carbocycles. The van der Waals surface area contributed by atoms with Crippen LogP contribution in [-0.2, 0) is 21.4 Å². The first-order valence-corrected chi connectivity index (χ1v) is 9.76. The van der Waals surface area contributed by atoms with E-state index in [0.717, 1.165) is 21.1 Å². The molecule has 0 saturated heterocycles. The monoisotopic (exact) mass is 356 g/mol. The van der Waals surface area contributed by atoms with Crippen LogP contribution in [0.2, 0.25) is 0 Å². The van der Waals surface area contributed by atoms with E-state index in [0.29, 0.717) is 12.3 Å². The Morgan fingerprint density at radius 3 is 2.59 bits per heavy atom. The molecule has 1 amide bonds. The van der Waals surface area contributed by atoms with Gasteiger partial charge in [0.05, 0.1) is 12.3 Å². The molecule has 0 fully saturated rings. The van der Waals surface area contributed by atoms with Crippen LogP contribution >= 0.6 is 23.1 Å². The molecule has 0 aliphatic heterocycles. The van der Waals surface area contributed by atoms with Crippen molar-refractivity contribution in [3.8, 4) is 0 Å². The zero-order valence-electron chi connectivity index (χ0n) is 11.9. The van der Waals surface area contributed by atoms with E-state index in [9.17, 15) is 13.2 Å². The summed E-state index contributed by atoms with van der Waals surface area (Å²) in [4.78, 5) is 13.6. The van der Waals surface area contributed by atoms with Crippen molar-refractivity contribution >= 4 is 39.0 Å². The molecule has 0 bridgehead atoms. The molecule has 1 aromatic carbocycles. The van der Waals surface area contributed by atoms with Gasteiger partial charge in [-0.25, -0.2) is 13.1 Å². The summed E-state index contributed by atoms with van der Waals surface area (Å²) >= 11 is 2.61. The quantitative estimate of drug-likeness (QED) is 0.745. The van der Waals surface area contributed by atoms with Gasteiger partial charge >= 0.3 is 0 Å². The molecule has 0 atom stereocenters. The maximum atomic E-state index is 11.8. The predicted molar refractivity (Wildman–Crippen MR) is 89.6 cm³/mol. The summed E-state index contributed by atoms with van der Waals surface area (Å²) in [5.41, 5.74) is 0. The minimum Gasteiger partial charge on any atom is -0.350 e. The fourth-order valence-corrected chi connectivity index (χ4v) is 4.48. The highest BCUT2D eigenvalue weighted by Gasteiger charge is 2.14. The van der Waals surface area contributed by atoms with Crippen molar-refractivity contribution in [2.45, 2.75) is 15.6 Å². The first-order chi connectivity index (χ1) is 10.5. The largest absolute Gasteiger partial charge is 0.350 e. The predicted octanol–water partition coefficient (Wildman–Crippen LogP) is 2.06. The molecule has 0 spiro atoms. The molecule has 0 aliphatic rings. The maximum absolute atomic E-state index is 11.8. The zero-order valence-corrected chi connectivity index (χ0v) is 14.4. The van der Waals surface area contributed by atoms with Gasteiger partial charge in [-0.1, -0.05) is 18.2 Å². The Morgan fingerprint density at radius 2 is 1.91 bits per heavy atom. The average molecular weight is 356 g/mol. The van der Waals surface area contributed by atoms with Crippen LogP contribution in [0.15, 0.2) is 51.6 Å². The molecule has 0 unspecified atom stereocenters. The molecule has 0 aliphatic carbocycles. The lowest BCUT2D eigenvalue weighted by Crippen LogP contribution is -2.24. The number of nitrogens with one attached hydrogen (secondary N) is 2. The van der Waals surface area contributed by atoms with E-state index in [1.54, 1.807) is 6.07 Å². The van der Waals surface area contributed by atoms with Crippen molar-refractivity contribution in [3.63, 3.8) is 0 Å². The Labute approximate surface area is 138 Å². The molecule has 1 aromatic heterocycles. The van der Waals surface area contributed by atoms with Crippen LogP contribution in [0.1, 0.15) is 4.88 Å². The number of carbonyl (C=O) groups is 1. The van der Waals surface area contributed by atoms with E-state index >= 15 is 0 Å². The summed E-state index contributed by atoms with van der Waals surface area (Å²) in [5, 5.41) is 2.79. The minimum absolute atomic E-state index is 0.0831. The number of sulfonamides is 1. The first-order valence-electron chi connectivity index (χ1n) is 6.48. The van der Waals surface area contributed by atoms with E-state index in [2.05, 4.69) is 10.0 Å². The molecule has 8 heteroatoms. The van der Waals surface area contributed by atoms with Crippen LogP contribution in [0.25, 0.3) is 0 Å². The SMILES string of the molecule is CNS(=O)(=O)c1ccc(CNC(=O)CSc2ccccc2)s1. The van der Waals surface area contributed by atoms with Gasteiger partial charge in [-0.3, -0.25) is 4.79 Å². The fourth-order valence-electron chi connectivity index (χ4n) is 1.60. The molecule has 118 valence electrons. The lowest BCUT2D eigenvalue weighted by molar-refractivity contribution is -0.118. The second-order valence-electron chi connectivity index (χ2n) is 4.31. The van der Waals surface area contributed by atoms with Gasteiger partial charge in [0.2, 0.25) is 15.9 Å². The van der Waals surface area contributed by atoms with Gasteiger partial charge in [-0.15, -0.1) is 23.1 Å². The summed E-state index contributed by atoms with van der Waals surface area (Å²) in [6.45, 7) is 0.331. The topological polar surface area (TPSA) is 75.3 Å². The average Bonchev–Trinajstić information content (AvgIpc) is 3.02. The van der Waals surface area contributed by atoms with Crippen LogP contribution in [0, 0.1) is 0 Å². The summed E-state index contributed by atoms with van der Waals surface area (Å²) in [5.74, 6) is 0.247. The van der Waals surface area contributed by atoms with Crippen LogP contribution in [0.5, 0.6) is 0 Å². The van der Waals surface area contributed by atoms with Crippen LogP contribution in [0.4, 0.5) is 0 Å². The highest BCUT2D eigenvalue weighted by atomic mass is 32.2. The number of hydrogen-bond acceptors (Lipinski definition) is 5. The smallest absolute Gasteiger partial charge is 0.249 e. The Bertz CT molecular complexity index is 727. The Kier molecular flexibility index (Phi) is 6.01. The third-order valence-corrected chi connectivity index (χ3v) is 6.75. The van der Waals surface area contributed by atoms with E-state index in [1.165, 1.54) is 24.9 Å². The normalized spacial score (nSPS) is 11.3. The van der Waals surface area contributed by atoms with Crippen LogP contribution in [0.3, 0.4) is 0 Å². The van der Waals surface area contributed by atoms with E-state index in [4.69, 9.17) is 0 Å². The summed E-state index contributed by atoms with van der Waals surface area (Å²) < 4.78 is 25.8.